The molecule has 2 saturated heterocycles. The number of hydrogen-bond acceptors (Lipinski definition) is 7. The number of aryl methyl sites for hydroxylation is 1. The number of anilines is 1. The second-order valence-corrected chi connectivity index (χ2v) is 15.7. The minimum absolute atomic E-state index is 0.0778. The summed E-state index contributed by atoms with van der Waals surface area (Å²) in [6, 6.07) is 19.9. The maximum atomic E-state index is 14.0. The maximum Gasteiger partial charge on any atom is 0.573 e. The zero-order valence-corrected chi connectivity index (χ0v) is 29.6. The SMILES string of the molecule is Cc1ccc(S(=O)(=O)n2cc(-c3ccc(C(=O)N4CCC4(C)C)cc3)c3cc(-c4ccc(N5CCN(C)CC5)c(OC(F)(F)F)c4)cnc32)cc1. The molecule has 0 aliphatic carbocycles. The van der Waals surface area contributed by atoms with Gasteiger partial charge in [-0.15, -0.1) is 13.2 Å². The fourth-order valence-electron chi connectivity index (χ4n) is 6.68. The first-order valence-corrected chi connectivity index (χ1v) is 18.1. The van der Waals surface area contributed by atoms with E-state index in [9.17, 15) is 26.4 Å². The molecule has 0 saturated carbocycles. The first kappa shape index (κ1) is 34.6. The summed E-state index contributed by atoms with van der Waals surface area (Å²) in [6.07, 6.45) is -1.04. The van der Waals surface area contributed by atoms with Crippen LogP contribution in [0, 0.1) is 6.92 Å². The first-order chi connectivity index (χ1) is 24.1. The summed E-state index contributed by atoms with van der Waals surface area (Å²) in [4.78, 5) is 23.7. The van der Waals surface area contributed by atoms with E-state index in [0.717, 1.165) is 16.0 Å². The number of alkyl halides is 3. The number of rotatable bonds is 7. The molecule has 2 aliphatic heterocycles. The normalized spacial score (nSPS) is 16.7. The van der Waals surface area contributed by atoms with Crippen LogP contribution in [0.1, 0.15) is 36.2 Å². The van der Waals surface area contributed by atoms with Crippen molar-refractivity contribution in [2.45, 2.75) is 44.0 Å². The van der Waals surface area contributed by atoms with Crippen molar-refractivity contribution in [1.82, 2.24) is 18.8 Å². The van der Waals surface area contributed by atoms with Gasteiger partial charge in [0.2, 0.25) is 0 Å². The van der Waals surface area contributed by atoms with Crippen LogP contribution in [0.5, 0.6) is 5.75 Å². The van der Waals surface area contributed by atoms with Crippen LogP contribution in [0.3, 0.4) is 0 Å². The topological polar surface area (TPSA) is 88.0 Å². The number of aromatic nitrogens is 2. The maximum absolute atomic E-state index is 14.0. The predicted octanol–water partition coefficient (Wildman–Crippen LogP) is 7.19. The molecule has 3 aromatic carbocycles. The van der Waals surface area contributed by atoms with Crippen molar-refractivity contribution < 1.29 is 31.1 Å². The number of amides is 1. The lowest BCUT2D eigenvalue weighted by Crippen LogP contribution is -2.58. The Bertz CT molecular complexity index is 2230. The van der Waals surface area contributed by atoms with Crippen molar-refractivity contribution in [1.29, 1.82) is 0 Å². The highest BCUT2D eigenvalue weighted by atomic mass is 32.2. The number of likely N-dealkylation sites (N-methyl/N-ethyl adjacent to an activating group) is 1. The van der Waals surface area contributed by atoms with E-state index >= 15 is 0 Å². The first-order valence-electron chi connectivity index (χ1n) is 16.7. The van der Waals surface area contributed by atoms with Gasteiger partial charge in [0.1, 0.15) is 0 Å². The molecular weight excluding hydrogens is 680 g/mol. The molecule has 5 aromatic rings. The molecule has 9 nitrogen and oxygen atoms in total. The van der Waals surface area contributed by atoms with Crippen LogP contribution in [0.15, 0.2) is 90.1 Å². The number of pyridine rings is 1. The molecule has 2 aliphatic rings. The molecule has 7 rings (SSSR count). The van der Waals surface area contributed by atoms with Crippen LogP contribution in [-0.2, 0) is 10.0 Å². The Balaban J connectivity index is 1.34. The summed E-state index contributed by atoms with van der Waals surface area (Å²) in [5.41, 5.74) is 3.74. The van der Waals surface area contributed by atoms with Gasteiger partial charge in [0.05, 0.1) is 10.6 Å². The predicted molar refractivity (Wildman–Crippen MR) is 190 cm³/mol. The molecule has 51 heavy (non-hydrogen) atoms. The lowest BCUT2D eigenvalue weighted by atomic mass is 9.88. The van der Waals surface area contributed by atoms with Gasteiger partial charge < -0.3 is 19.4 Å². The zero-order chi connectivity index (χ0) is 36.3. The largest absolute Gasteiger partial charge is 0.573 e. The Hall–Kier alpha value is -4.88. The second-order valence-electron chi connectivity index (χ2n) is 13.9. The third kappa shape index (κ3) is 6.67. The minimum atomic E-state index is -4.91. The van der Waals surface area contributed by atoms with E-state index in [1.54, 1.807) is 54.6 Å². The highest BCUT2D eigenvalue weighted by Gasteiger charge is 2.39. The van der Waals surface area contributed by atoms with Crippen LogP contribution < -0.4 is 9.64 Å². The van der Waals surface area contributed by atoms with E-state index in [4.69, 9.17) is 0 Å². The summed E-state index contributed by atoms with van der Waals surface area (Å²) >= 11 is 0. The Labute approximate surface area is 294 Å². The smallest absolute Gasteiger partial charge is 0.404 e. The van der Waals surface area contributed by atoms with Crippen molar-refractivity contribution in [3.05, 3.63) is 96.3 Å². The Morgan fingerprint density at radius 2 is 1.53 bits per heavy atom. The van der Waals surface area contributed by atoms with Crippen molar-refractivity contribution in [2.24, 2.45) is 0 Å². The average molecular weight is 718 g/mol. The molecule has 13 heteroatoms. The third-order valence-corrected chi connectivity index (χ3v) is 11.6. The van der Waals surface area contributed by atoms with Gasteiger partial charge in [-0.1, -0.05) is 35.9 Å². The van der Waals surface area contributed by atoms with Gasteiger partial charge in [-0.2, -0.15) is 0 Å². The lowest BCUT2D eigenvalue weighted by Gasteiger charge is -2.48. The molecule has 0 N–H and O–H groups in total. The van der Waals surface area contributed by atoms with Gasteiger partial charge in [-0.3, -0.25) is 4.79 Å². The number of piperazine rings is 1. The van der Waals surface area contributed by atoms with Crippen molar-refractivity contribution in [3.63, 3.8) is 0 Å². The number of nitrogens with zero attached hydrogens (tertiary/aromatic N) is 5. The van der Waals surface area contributed by atoms with Gasteiger partial charge in [-0.05, 0) is 87.8 Å². The van der Waals surface area contributed by atoms with Crippen molar-refractivity contribution in [2.75, 3.05) is 44.7 Å². The molecule has 0 spiro atoms. The Morgan fingerprint density at radius 3 is 2.14 bits per heavy atom. The van der Waals surface area contributed by atoms with Crippen LogP contribution in [-0.4, -0.2) is 84.8 Å². The van der Waals surface area contributed by atoms with E-state index in [2.05, 4.69) is 14.6 Å². The number of carbonyl (C=O) groups excluding carboxylic acids is 1. The Morgan fingerprint density at radius 1 is 0.863 bits per heavy atom. The quantitative estimate of drug-likeness (QED) is 0.176. The molecule has 2 aromatic heterocycles. The standard InChI is InChI=1S/C38H38F3N5O4S/c1-25-5-12-30(13-6-25)51(48,49)46-24-32(26-7-9-27(10-8-26)36(47)45-16-15-37(45,2)3)31-21-29(23-42-35(31)46)28-11-14-33(34(22-28)50-38(39,40)41)44-19-17-43(4)18-20-44/h5-14,21-24H,15-20H2,1-4H3. The molecule has 0 bridgehead atoms. The van der Waals surface area contributed by atoms with Crippen LogP contribution >= 0.6 is 0 Å². The summed E-state index contributed by atoms with van der Waals surface area (Å²) < 4.78 is 74.6. The van der Waals surface area contributed by atoms with E-state index < -0.39 is 16.4 Å². The second kappa shape index (κ2) is 12.7. The van der Waals surface area contributed by atoms with Crippen LogP contribution in [0.2, 0.25) is 0 Å². The monoisotopic (exact) mass is 717 g/mol. The number of halogens is 3. The molecule has 0 unspecified atom stereocenters. The van der Waals surface area contributed by atoms with Gasteiger partial charge in [-0.25, -0.2) is 17.4 Å². The summed E-state index contributed by atoms with van der Waals surface area (Å²) in [7, 11) is -2.13. The molecule has 0 radical (unpaired) electrons. The van der Waals surface area contributed by atoms with Crippen molar-refractivity contribution >= 4 is 32.7 Å². The third-order valence-electron chi connectivity index (χ3n) is 9.92. The van der Waals surface area contributed by atoms with Crippen LogP contribution in [0.25, 0.3) is 33.3 Å². The summed E-state index contributed by atoms with van der Waals surface area (Å²) in [6.45, 7) is 9.08. The highest BCUT2D eigenvalue weighted by molar-refractivity contribution is 7.90. The van der Waals surface area contributed by atoms with E-state index in [1.807, 2.05) is 37.6 Å². The van der Waals surface area contributed by atoms with Gasteiger partial charge in [0.15, 0.2) is 11.4 Å². The van der Waals surface area contributed by atoms with Gasteiger partial charge in [0.25, 0.3) is 15.9 Å². The van der Waals surface area contributed by atoms with Crippen LogP contribution in [0.4, 0.5) is 18.9 Å². The fraction of sp³-hybridized carbons (Fsp3) is 0.316. The highest BCUT2D eigenvalue weighted by Crippen LogP contribution is 2.40. The number of carbonyl (C=O) groups is 1. The molecule has 2 fully saturated rings. The summed E-state index contributed by atoms with van der Waals surface area (Å²) in [5.74, 6) is -0.405. The Kier molecular flexibility index (Phi) is 8.62. The molecule has 266 valence electrons. The van der Waals surface area contributed by atoms with E-state index in [0.29, 0.717) is 71.6 Å². The van der Waals surface area contributed by atoms with E-state index in [1.165, 1.54) is 30.6 Å². The van der Waals surface area contributed by atoms with Gasteiger partial charge >= 0.3 is 6.36 Å². The number of ether oxygens (including phenoxy) is 1. The number of likely N-dealkylation sites (tertiary alicyclic amines) is 1. The lowest BCUT2D eigenvalue weighted by molar-refractivity contribution is -0.274. The number of fused-ring (bicyclic) bond motifs is 1. The fourth-order valence-corrected chi connectivity index (χ4v) is 8.00. The molecule has 0 atom stereocenters. The van der Waals surface area contributed by atoms with E-state index in [-0.39, 0.29) is 27.7 Å². The molecule has 1 amide bonds. The van der Waals surface area contributed by atoms with Crippen molar-refractivity contribution in [3.8, 4) is 28.0 Å². The van der Waals surface area contributed by atoms with Gasteiger partial charge in [0, 0.05) is 72.7 Å². The number of hydrogen-bond donors (Lipinski definition) is 0. The number of benzene rings is 3. The molecular formula is C38H38F3N5O4S. The zero-order valence-electron chi connectivity index (χ0n) is 28.7. The summed E-state index contributed by atoms with van der Waals surface area (Å²) in [5, 5.41) is 0.465. The average Bonchev–Trinajstić information content (AvgIpc) is 3.48. The molecule has 4 heterocycles. The minimum Gasteiger partial charge on any atom is -0.404 e.